The molecule has 3 N–H and O–H groups in total. The standard InChI is InChI=1S/C15H17N3.C3H6O/c1-11-7-3-5-9-13(11)17-15(16)18-14-10-6-4-8-12(14)2;1-3(2)4/h3-10H,1-2H3,(H3,16,17,18);1-2H3. The highest BCUT2D eigenvalue weighted by Gasteiger charge is 2.00. The maximum Gasteiger partial charge on any atom is 0.198 e. The number of aliphatic imine (C=N–C) groups is 1. The van der Waals surface area contributed by atoms with Crippen molar-refractivity contribution in [2.45, 2.75) is 27.7 Å². The van der Waals surface area contributed by atoms with Crippen molar-refractivity contribution in [3.8, 4) is 0 Å². The molecule has 0 aromatic heterocycles. The van der Waals surface area contributed by atoms with E-state index in [1.165, 1.54) is 13.8 Å². The van der Waals surface area contributed by atoms with E-state index in [0.29, 0.717) is 5.96 Å². The van der Waals surface area contributed by atoms with Crippen LogP contribution < -0.4 is 11.1 Å². The molecule has 4 nitrogen and oxygen atoms in total. The summed E-state index contributed by atoms with van der Waals surface area (Å²) in [5.74, 6) is 0.568. The zero-order valence-corrected chi connectivity index (χ0v) is 13.6. The minimum absolute atomic E-state index is 0.167. The van der Waals surface area contributed by atoms with E-state index < -0.39 is 0 Å². The van der Waals surface area contributed by atoms with Crippen LogP contribution in [0.25, 0.3) is 0 Å². The summed E-state index contributed by atoms with van der Waals surface area (Å²) in [6, 6.07) is 15.9. The fourth-order valence-electron chi connectivity index (χ4n) is 1.70. The third-order valence-corrected chi connectivity index (χ3v) is 2.76. The molecular formula is C18H23N3O. The first-order valence-electron chi connectivity index (χ1n) is 7.09. The number of hydrogen-bond donors (Lipinski definition) is 2. The van der Waals surface area contributed by atoms with Gasteiger partial charge in [-0.25, -0.2) is 4.99 Å². The summed E-state index contributed by atoms with van der Waals surface area (Å²) in [6.45, 7) is 7.10. The van der Waals surface area contributed by atoms with E-state index in [4.69, 9.17) is 5.73 Å². The first-order valence-corrected chi connectivity index (χ1v) is 7.09. The number of ketones is 1. The van der Waals surface area contributed by atoms with Crippen LogP contribution in [0.15, 0.2) is 53.5 Å². The van der Waals surface area contributed by atoms with Gasteiger partial charge in [0.2, 0.25) is 0 Å². The minimum atomic E-state index is 0.167. The Balaban J connectivity index is 0.000000541. The summed E-state index contributed by atoms with van der Waals surface area (Å²) in [5.41, 5.74) is 10.0. The lowest BCUT2D eigenvalue weighted by molar-refractivity contribution is -0.114. The van der Waals surface area contributed by atoms with Gasteiger partial charge in [0.1, 0.15) is 5.78 Å². The summed E-state index contributed by atoms with van der Waals surface area (Å²) >= 11 is 0. The van der Waals surface area contributed by atoms with Crippen molar-refractivity contribution in [3.05, 3.63) is 59.7 Å². The Morgan fingerprint density at radius 2 is 1.45 bits per heavy atom. The third-order valence-electron chi connectivity index (χ3n) is 2.76. The quantitative estimate of drug-likeness (QED) is 0.651. The Hall–Kier alpha value is -2.62. The lowest BCUT2D eigenvalue weighted by atomic mass is 10.2. The molecule has 0 atom stereocenters. The van der Waals surface area contributed by atoms with Crippen molar-refractivity contribution in [1.82, 2.24) is 0 Å². The van der Waals surface area contributed by atoms with Crippen molar-refractivity contribution in [2.24, 2.45) is 10.7 Å². The van der Waals surface area contributed by atoms with Crippen LogP contribution >= 0.6 is 0 Å². The molecule has 22 heavy (non-hydrogen) atoms. The smallest absolute Gasteiger partial charge is 0.198 e. The van der Waals surface area contributed by atoms with Gasteiger partial charge in [0.25, 0.3) is 0 Å². The number of benzene rings is 2. The number of carbonyl (C=O) groups is 1. The van der Waals surface area contributed by atoms with Crippen LogP contribution in [0.4, 0.5) is 11.4 Å². The molecule has 2 rings (SSSR count). The Bertz CT molecular complexity index is 659. The predicted molar refractivity (Wildman–Crippen MR) is 93.6 cm³/mol. The lowest BCUT2D eigenvalue weighted by Crippen LogP contribution is -2.22. The van der Waals surface area contributed by atoms with Gasteiger partial charge in [0.15, 0.2) is 5.96 Å². The van der Waals surface area contributed by atoms with Crippen LogP contribution in [0.1, 0.15) is 25.0 Å². The number of guanidine groups is 1. The van der Waals surface area contributed by atoms with E-state index in [0.717, 1.165) is 22.5 Å². The van der Waals surface area contributed by atoms with Gasteiger partial charge >= 0.3 is 0 Å². The molecule has 0 saturated carbocycles. The summed E-state index contributed by atoms with van der Waals surface area (Å²) in [4.78, 5) is 13.8. The Labute approximate surface area is 132 Å². The first-order chi connectivity index (χ1) is 10.4. The van der Waals surface area contributed by atoms with Crippen LogP contribution in [0.2, 0.25) is 0 Å². The highest BCUT2D eigenvalue weighted by atomic mass is 16.1. The normalized spacial score (nSPS) is 10.5. The number of carbonyl (C=O) groups excluding carboxylic acids is 1. The number of nitrogens with one attached hydrogen (secondary N) is 1. The predicted octanol–water partition coefficient (Wildman–Crippen LogP) is 3.96. The number of nitrogens with two attached hydrogens (primary N) is 1. The van der Waals surface area contributed by atoms with Gasteiger partial charge in [-0.3, -0.25) is 0 Å². The number of para-hydroxylation sites is 2. The van der Waals surface area contributed by atoms with E-state index in [9.17, 15) is 4.79 Å². The molecule has 0 aliphatic heterocycles. The van der Waals surface area contributed by atoms with Gasteiger partial charge in [0, 0.05) is 5.69 Å². The average Bonchev–Trinajstić information content (AvgIpc) is 2.43. The number of anilines is 1. The topological polar surface area (TPSA) is 67.5 Å². The number of Topliss-reactive ketones (excluding diaryl/α,β-unsaturated/α-hetero) is 1. The Morgan fingerprint density at radius 3 is 2.00 bits per heavy atom. The maximum atomic E-state index is 9.44. The summed E-state index contributed by atoms with van der Waals surface area (Å²) < 4.78 is 0. The molecule has 0 amide bonds. The van der Waals surface area contributed by atoms with Gasteiger partial charge in [-0.15, -0.1) is 0 Å². The van der Waals surface area contributed by atoms with Gasteiger partial charge in [-0.05, 0) is 51.0 Å². The average molecular weight is 297 g/mol. The largest absolute Gasteiger partial charge is 0.369 e. The molecule has 0 aliphatic carbocycles. The molecule has 2 aromatic carbocycles. The zero-order valence-electron chi connectivity index (χ0n) is 13.6. The van der Waals surface area contributed by atoms with Crippen molar-refractivity contribution in [1.29, 1.82) is 0 Å². The lowest BCUT2D eigenvalue weighted by Gasteiger charge is -2.08. The van der Waals surface area contributed by atoms with E-state index in [1.54, 1.807) is 0 Å². The molecule has 0 fully saturated rings. The summed E-state index contributed by atoms with van der Waals surface area (Å²) in [6.07, 6.45) is 0. The van der Waals surface area contributed by atoms with Gasteiger partial charge in [-0.2, -0.15) is 0 Å². The zero-order chi connectivity index (χ0) is 16.5. The van der Waals surface area contributed by atoms with Gasteiger partial charge in [0.05, 0.1) is 5.69 Å². The van der Waals surface area contributed by atoms with E-state index in [2.05, 4.69) is 10.3 Å². The first kappa shape index (κ1) is 17.4. The van der Waals surface area contributed by atoms with Crippen molar-refractivity contribution >= 4 is 23.1 Å². The monoisotopic (exact) mass is 297 g/mol. The molecule has 0 radical (unpaired) electrons. The van der Waals surface area contributed by atoms with E-state index >= 15 is 0 Å². The van der Waals surface area contributed by atoms with Crippen molar-refractivity contribution in [2.75, 3.05) is 5.32 Å². The van der Waals surface area contributed by atoms with Crippen molar-refractivity contribution < 1.29 is 4.79 Å². The summed E-state index contributed by atoms with van der Waals surface area (Å²) in [5, 5.41) is 3.11. The molecule has 0 spiro atoms. The minimum Gasteiger partial charge on any atom is -0.369 e. The van der Waals surface area contributed by atoms with Crippen LogP contribution in [0.5, 0.6) is 0 Å². The van der Waals surface area contributed by atoms with Gasteiger partial charge in [-0.1, -0.05) is 36.4 Å². The molecule has 0 bridgehead atoms. The van der Waals surface area contributed by atoms with E-state index in [1.807, 2.05) is 62.4 Å². The molecule has 2 aromatic rings. The number of aryl methyl sites for hydroxylation is 2. The molecule has 116 valence electrons. The SMILES string of the molecule is CC(C)=O.Cc1ccccc1N=C(N)Nc1ccccc1C. The molecule has 4 heteroatoms. The van der Waals surface area contributed by atoms with E-state index in [-0.39, 0.29) is 5.78 Å². The maximum absolute atomic E-state index is 9.44. The second-order valence-corrected chi connectivity index (χ2v) is 5.13. The van der Waals surface area contributed by atoms with Crippen LogP contribution in [-0.4, -0.2) is 11.7 Å². The van der Waals surface area contributed by atoms with Gasteiger partial charge < -0.3 is 15.8 Å². The molecule has 0 aliphatic rings. The number of nitrogens with zero attached hydrogens (tertiary/aromatic N) is 1. The highest BCUT2D eigenvalue weighted by Crippen LogP contribution is 2.18. The Kier molecular flexibility index (Phi) is 6.83. The second kappa shape index (κ2) is 8.62. The molecular weight excluding hydrogens is 274 g/mol. The number of hydrogen-bond acceptors (Lipinski definition) is 2. The van der Waals surface area contributed by atoms with Crippen LogP contribution in [0.3, 0.4) is 0 Å². The highest BCUT2D eigenvalue weighted by molar-refractivity contribution is 5.94. The molecule has 0 saturated heterocycles. The molecule has 0 heterocycles. The van der Waals surface area contributed by atoms with Crippen molar-refractivity contribution in [3.63, 3.8) is 0 Å². The van der Waals surface area contributed by atoms with Crippen LogP contribution in [0, 0.1) is 13.8 Å². The van der Waals surface area contributed by atoms with Crippen LogP contribution in [-0.2, 0) is 4.79 Å². The third kappa shape index (κ3) is 6.22. The molecule has 0 unspecified atom stereocenters. The Morgan fingerprint density at radius 1 is 0.955 bits per heavy atom. The summed E-state index contributed by atoms with van der Waals surface area (Å²) in [7, 11) is 0. The number of rotatable bonds is 2. The fraction of sp³-hybridized carbons (Fsp3) is 0.222. The fourth-order valence-corrected chi connectivity index (χ4v) is 1.70. The second-order valence-electron chi connectivity index (χ2n) is 5.13.